The Morgan fingerprint density at radius 3 is 2.80 bits per heavy atom. The molecule has 7 nitrogen and oxygen atoms in total. The van der Waals surface area contributed by atoms with Crippen LogP contribution in [0.25, 0.3) is 11.2 Å². The third kappa shape index (κ3) is 3.12. The van der Waals surface area contributed by atoms with Crippen molar-refractivity contribution >= 4 is 22.7 Å². The van der Waals surface area contributed by atoms with Crippen molar-refractivity contribution in [2.75, 3.05) is 19.0 Å². The number of fused-ring (bicyclic) bond motifs is 1. The van der Waals surface area contributed by atoms with Crippen LogP contribution in [0.5, 0.6) is 5.75 Å². The number of nitrogens with zero attached hydrogens (tertiary/aromatic N) is 4. The second-order valence-corrected chi connectivity index (χ2v) is 5.84. The van der Waals surface area contributed by atoms with Crippen LogP contribution in [0.15, 0.2) is 30.6 Å². The molecular weight excluding hydrogens is 325 g/mol. The molecule has 0 aliphatic carbocycles. The van der Waals surface area contributed by atoms with E-state index in [1.165, 1.54) is 0 Å². The lowest BCUT2D eigenvalue weighted by Crippen LogP contribution is -2.18. The molecule has 1 N–H and O–H groups in total. The summed E-state index contributed by atoms with van der Waals surface area (Å²) in [5.41, 5.74) is 1.69. The maximum Gasteiger partial charge on any atom is 0.312 e. The lowest BCUT2D eigenvalue weighted by molar-refractivity contribution is -0.0298. The van der Waals surface area contributed by atoms with Gasteiger partial charge in [0.15, 0.2) is 17.0 Å². The first kappa shape index (κ1) is 15.8. The first-order valence-electron chi connectivity index (χ1n) is 8.17. The number of halogens is 1. The lowest BCUT2D eigenvalue weighted by atomic mass is 10.2. The van der Waals surface area contributed by atoms with E-state index in [0.29, 0.717) is 23.6 Å². The fourth-order valence-corrected chi connectivity index (χ4v) is 2.94. The van der Waals surface area contributed by atoms with Gasteiger partial charge in [-0.3, -0.25) is 4.57 Å². The summed E-state index contributed by atoms with van der Waals surface area (Å²) in [6.45, 7) is 0.689. The molecule has 1 unspecified atom stereocenters. The first-order chi connectivity index (χ1) is 12.2. The molecule has 1 aliphatic heterocycles. The summed E-state index contributed by atoms with van der Waals surface area (Å²) in [6.07, 6.45) is 3.63. The summed E-state index contributed by atoms with van der Waals surface area (Å²) < 4.78 is 26.7. The van der Waals surface area contributed by atoms with E-state index < -0.39 is 6.08 Å². The molecule has 1 saturated heterocycles. The summed E-state index contributed by atoms with van der Waals surface area (Å²) in [7, 11) is 1.60. The molecule has 0 amide bonds. The van der Waals surface area contributed by atoms with Gasteiger partial charge >= 0.3 is 6.08 Å². The predicted molar refractivity (Wildman–Crippen MR) is 90.4 cm³/mol. The van der Waals surface area contributed by atoms with Crippen molar-refractivity contribution in [3.8, 4) is 5.75 Å². The molecule has 1 aromatic carbocycles. The fraction of sp³-hybridized carbons (Fsp3) is 0.353. The van der Waals surface area contributed by atoms with Gasteiger partial charge in [0.25, 0.3) is 0 Å². The van der Waals surface area contributed by atoms with Gasteiger partial charge in [0.05, 0.1) is 13.4 Å². The van der Waals surface area contributed by atoms with E-state index in [0.717, 1.165) is 30.7 Å². The molecule has 8 heteroatoms. The van der Waals surface area contributed by atoms with E-state index >= 15 is 0 Å². The molecular formula is C17H18FN5O2. The Kier molecular flexibility index (Phi) is 4.19. The van der Waals surface area contributed by atoms with Crippen molar-refractivity contribution in [3.05, 3.63) is 36.7 Å². The van der Waals surface area contributed by atoms with Crippen LogP contribution < -0.4 is 10.1 Å². The Balaban J connectivity index is 1.69. The Hall–Kier alpha value is -2.74. The largest absolute Gasteiger partial charge is 0.497 e. The minimum atomic E-state index is -0.805. The van der Waals surface area contributed by atoms with Crippen molar-refractivity contribution in [2.45, 2.75) is 25.5 Å². The number of hydrogen-bond acceptors (Lipinski definition) is 6. The summed E-state index contributed by atoms with van der Waals surface area (Å²) in [5, 5.41) is 3.09. The smallest absolute Gasteiger partial charge is 0.312 e. The second-order valence-electron chi connectivity index (χ2n) is 5.84. The van der Waals surface area contributed by atoms with Crippen molar-refractivity contribution in [1.29, 1.82) is 0 Å². The van der Waals surface area contributed by atoms with Gasteiger partial charge in [-0.05, 0) is 43.5 Å². The molecule has 2 aromatic heterocycles. The normalized spacial score (nSPS) is 17.6. The number of nitrogens with one attached hydrogen (secondary N) is 1. The van der Waals surface area contributed by atoms with Crippen LogP contribution in [0.4, 0.5) is 15.9 Å². The van der Waals surface area contributed by atoms with Crippen molar-refractivity contribution < 1.29 is 13.9 Å². The monoisotopic (exact) mass is 343 g/mol. The minimum absolute atomic E-state index is 0.165. The zero-order chi connectivity index (χ0) is 17.2. The highest BCUT2D eigenvalue weighted by Gasteiger charge is 2.21. The number of aromatic nitrogens is 4. The molecule has 4 rings (SSSR count). The van der Waals surface area contributed by atoms with Crippen LogP contribution in [0.3, 0.4) is 0 Å². The molecule has 0 bridgehead atoms. The average Bonchev–Trinajstić information content (AvgIpc) is 3.07. The summed E-state index contributed by atoms with van der Waals surface area (Å²) in [4.78, 5) is 12.2. The molecule has 0 saturated carbocycles. The SMILES string of the molecule is COc1ccc(Nc2nc(F)nc3c2ncn3C2CCCCO2)cc1. The van der Waals surface area contributed by atoms with Gasteiger partial charge in [-0.15, -0.1) is 0 Å². The molecule has 1 fully saturated rings. The fourth-order valence-electron chi connectivity index (χ4n) is 2.94. The van der Waals surface area contributed by atoms with Gasteiger partial charge in [0, 0.05) is 12.3 Å². The Bertz CT molecular complexity index is 875. The molecule has 3 heterocycles. The summed E-state index contributed by atoms with van der Waals surface area (Å²) in [5.74, 6) is 1.06. The van der Waals surface area contributed by atoms with Crippen molar-refractivity contribution in [1.82, 2.24) is 19.5 Å². The minimum Gasteiger partial charge on any atom is -0.497 e. The van der Waals surface area contributed by atoms with Crippen LogP contribution in [0.1, 0.15) is 25.5 Å². The lowest BCUT2D eigenvalue weighted by Gasteiger charge is -2.23. The molecule has 0 spiro atoms. The first-order valence-corrected chi connectivity index (χ1v) is 8.17. The van der Waals surface area contributed by atoms with Crippen LogP contribution in [0.2, 0.25) is 0 Å². The number of ether oxygens (including phenoxy) is 2. The van der Waals surface area contributed by atoms with Gasteiger partial charge in [-0.1, -0.05) is 0 Å². The molecule has 3 aromatic rings. The number of anilines is 2. The number of benzene rings is 1. The third-order valence-electron chi connectivity index (χ3n) is 4.21. The molecule has 130 valence electrons. The predicted octanol–water partition coefficient (Wildman–Crippen LogP) is 3.42. The molecule has 0 radical (unpaired) electrons. The number of imidazole rings is 1. The summed E-state index contributed by atoms with van der Waals surface area (Å²) >= 11 is 0. The molecule has 25 heavy (non-hydrogen) atoms. The van der Waals surface area contributed by atoms with Crippen molar-refractivity contribution in [2.24, 2.45) is 0 Å². The number of rotatable bonds is 4. The Morgan fingerprint density at radius 2 is 2.08 bits per heavy atom. The molecule has 1 aliphatic rings. The third-order valence-corrected chi connectivity index (χ3v) is 4.21. The van der Waals surface area contributed by atoms with E-state index in [9.17, 15) is 4.39 Å². The van der Waals surface area contributed by atoms with Crippen molar-refractivity contribution in [3.63, 3.8) is 0 Å². The standard InChI is InChI=1S/C17H18FN5O2/c1-24-12-7-5-11(6-8-12)20-15-14-16(22-17(18)21-15)23(10-19-14)13-4-2-3-9-25-13/h5-8,10,13H,2-4,9H2,1H3,(H,20,21,22). The number of hydrogen-bond donors (Lipinski definition) is 1. The average molecular weight is 343 g/mol. The highest BCUT2D eigenvalue weighted by atomic mass is 19.1. The summed E-state index contributed by atoms with van der Waals surface area (Å²) in [6, 6.07) is 7.27. The van der Waals surface area contributed by atoms with Crippen LogP contribution in [-0.4, -0.2) is 33.2 Å². The zero-order valence-corrected chi connectivity index (χ0v) is 13.8. The van der Waals surface area contributed by atoms with E-state index in [1.54, 1.807) is 18.0 Å². The van der Waals surface area contributed by atoms with Crippen LogP contribution in [-0.2, 0) is 4.74 Å². The highest BCUT2D eigenvalue weighted by Crippen LogP contribution is 2.29. The van der Waals surface area contributed by atoms with Gasteiger partial charge in [-0.2, -0.15) is 14.4 Å². The van der Waals surface area contributed by atoms with Crippen LogP contribution >= 0.6 is 0 Å². The topological polar surface area (TPSA) is 74.1 Å². The zero-order valence-electron chi connectivity index (χ0n) is 13.8. The van der Waals surface area contributed by atoms with Gasteiger partial charge < -0.3 is 14.8 Å². The van der Waals surface area contributed by atoms with Gasteiger partial charge in [0.2, 0.25) is 0 Å². The van der Waals surface area contributed by atoms with E-state index in [2.05, 4.69) is 20.3 Å². The quantitative estimate of drug-likeness (QED) is 0.732. The van der Waals surface area contributed by atoms with Gasteiger partial charge in [0.1, 0.15) is 12.0 Å². The maximum atomic E-state index is 14.0. The molecule has 1 atom stereocenters. The highest BCUT2D eigenvalue weighted by molar-refractivity contribution is 5.85. The van der Waals surface area contributed by atoms with Gasteiger partial charge in [-0.25, -0.2) is 4.98 Å². The Morgan fingerprint density at radius 1 is 1.24 bits per heavy atom. The number of methoxy groups -OCH3 is 1. The van der Waals surface area contributed by atoms with E-state index in [4.69, 9.17) is 9.47 Å². The van der Waals surface area contributed by atoms with E-state index in [-0.39, 0.29) is 6.23 Å². The maximum absolute atomic E-state index is 14.0. The second kappa shape index (κ2) is 6.64. The Labute approximate surface area is 143 Å². The van der Waals surface area contributed by atoms with Crippen LogP contribution in [0, 0.1) is 6.08 Å². The van der Waals surface area contributed by atoms with E-state index in [1.807, 2.05) is 24.3 Å².